The van der Waals surface area contributed by atoms with E-state index in [4.69, 9.17) is 0 Å². The SMILES string of the molecule is Cc1ccc(Cn2c(-c3cccnc3)cc(C(F)(F)F)c(C#N)c2=O)cc1. The highest BCUT2D eigenvalue weighted by molar-refractivity contribution is 5.61. The van der Waals surface area contributed by atoms with Crippen molar-refractivity contribution < 1.29 is 13.2 Å². The standard InChI is InChI=1S/C20H14F3N3O/c1-13-4-6-14(7-5-13)12-26-18(15-3-2-8-25-11-15)9-17(20(21,22)23)16(10-24)19(26)27/h2-9,11H,12H2,1H3. The van der Waals surface area contributed by atoms with E-state index in [0.717, 1.165) is 17.2 Å². The normalized spacial score (nSPS) is 11.2. The van der Waals surface area contributed by atoms with Crippen LogP contribution in [-0.2, 0) is 12.7 Å². The second kappa shape index (κ2) is 7.08. The molecule has 0 aliphatic rings. The van der Waals surface area contributed by atoms with Gasteiger partial charge in [-0.25, -0.2) is 0 Å². The van der Waals surface area contributed by atoms with Crippen molar-refractivity contribution in [1.82, 2.24) is 9.55 Å². The first-order chi connectivity index (χ1) is 12.8. The smallest absolute Gasteiger partial charge is 0.303 e. The third kappa shape index (κ3) is 3.75. The van der Waals surface area contributed by atoms with Crippen LogP contribution in [0, 0.1) is 18.3 Å². The average molecular weight is 369 g/mol. The molecule has 0 bridgehead atoms. The highest BCUT2D eigenvalue weighted by Crippen LogP contribution is 2.33. The van der Waals surface area contributed by atoms with Crippen LogP contribution in [0.4, 0.5) is 13.2 Å². The zero-order valence-corrected chi connectivity index (χ0v) is 14.3. The Kier molecular flexibility index (Phi) is 4.82. The molecule has 3 aromatic rings. The molecule has 0 amide bonds. The summed E-state index contributed by atoms with van der Waals surface area (Å²) in [4.78, 5) is 16.7. The monoisotopic (exact) mass is 369 g/mol. The van der Waals surface area contributed by atoms with Gasteiger partial charge in [0.15, 0.2) is 0 Å². The van der Waals surface area contributed by atoms with E-state index in [-0.39, 0.29) is 12.2 Å². The molecule has 3 rings (SSSR count). The maximum atomic E-state index is 13.4. The molecule has 1 aromatic carbocycles. The lowest BCUT2D eigenvalue weighted by Crippen LogP contribution is -2.28. The Morgan fingerprint density at radius 3 is 2.44 bits per heavy atom. The summed E-state index contributed by atoms with van der Waals surface area (Å²) < 4.78 is 41.4. The lowest BCUT2D eigenvalue weighted by atomic mass is 10.0. The van der Waals surface area contributed by atoms with Crippen LogP contribution < -0.4 is 5.56 Å². The Morgan fingerprint density at radius 1 is 1.19 bits per heavy atom. The third-order valence-electron chi connectivity index (χ3n) is 4.14. The minimum atomic E-state index is -4.82. The Labute approximate surface area is 153 Å². The maximum absolute atomic E-state index is 13.4. The van der Waals surface area contributed by atoms with Gasteiger partial charge in [-0.1, -0.05) is 29.8 Å². The van der Waals surface area contributed by atoms with Crippen molar-refractivity contribution >= 4 is 0 Å². The fourth-order valence-electron chi connectivity index (χ4n) is 2.76. The molecule has 7 heteroatoms. The van der Waals surface area contributed by atoms with Gasteiger partial charge < -0.3 is 4.57 Å². The molecule has 0 N–H and O–H groups in total. The predicted octanol–water partition coefficient (Wildman–Crippen LogP) is 4.16. The zero-order chi connectivity index (χ0) is 19.6. The molecule has 0 unspecified atom stereocenters. The second-order valence-corrected chi connectivity index (χ2v) is 6.05. The number of nitrogens with zero attached hydrogens (tertiary/aromatic N) is 3. The van der Waals surface area contributed by atoms with E-state index >= 15 is 0 Å². The minimum Gasteiger partial charge on any atom is -0.303 e. The molecule has 136 valence electrons. The molecular formula is C20H14F3N3O. The summed E-state index contributed by atoms with van der Waals surface area (Å²) in [5, 5.41) is 9.18. The summed E-state index contributed by atoms with van der Waals surface area (Å²) in [6.45, 7) is 1.94. The Balaban J connectivity index is 2.28. The van der Waals surface area contributed by atoms with Crippen molar-refractivity contribution in [2.45, 2.75) is 19.6 Å². The molecule has 0 aliphatic heterocycles. The van der Waals surface area contributed by atoms with Crippen LogP contribution in [0.2, 0.25) is 0 Å². The van der Waals surface area contributed by atoms with Crippen molar-refractivity contribution in [3.05, 3.63) is 87.5 Å². The van der Waals surface area contributed by atoms with Crippen LogP contribution in [-0.4, -0.2) is 9.55 Å². The second-order valence-electron chi connectivity index (χ2n) is 6.05. The van der Waals surface area contributed by atoms with Gasteiger partial charge in [-0.15, -0.1) is 0 Å². The predicted molar refractivity (Wildman–Crippen MR) is 93.9 cm³/mol. The van der Waals surface area contributed by atoms with Crippen LogP contribution in [0.1, 0.15) is 22.3 Å². The quantitative estimate of drug-likeness (QED) is 0.697. The average Bonchev–Trinajstić information content (AvgIpc) is 2.64. The van der Waals surface area contributed by atoms with Gasteiger partial charge in [0.25, 0.3) is 5.56 Å². The number of alkyl halides is 3. The fourth-order valence-corrected chi connectivity index (χ4v) is 2.76. The zero-order valence-electron chi connectivity index (χ0n) is 14.3. The molecule has 0 aliphatic carbocycles. The highest BCUT2D eigenvalue weighted by Gasteiger charge is 2.36. The summed E-state index contributed by atoms with van der Waals surface area (Å²) in [6, 6.07) is 12.7. The van der Waals surface area contributed by atoms with Gasteiger partial charge in [-0.3, -0.25) is 9.78 Å². The molecule has 2 aromatic heterocycles. The summed E-state index contributed by atoms with van der Waals surface area (Å²) in [5.74, 6) is 0. The van der Waals surface area contributed by atoms with Crippen LogP contribution in [0.5, 0.6) is 0 Å². The molecule has 0 fully saturated rings. The molecule has 0 radical (unpaired) electrons. The molecule has 0 atom stereocenters. The van der Waals surface area contributed by atoms with E-state index in [9.17, 15) is 23.2 Å². The van der Waals surface area contributed by atoms with Gasteiger partial charge in [-0.05, 0) is 30.7 Å². The van der Waals surface area contributed by atoms with E-state index < -0.39 is 22.9 Å². The van der Waals surface area contributed by atoms with Gasteiger partial charge in [-0.2, -0.15) is 18.4 Å². The van der Waals surface area contributed by atoms with Crippen LogP contribution >= 0.6 is 0 Å². The van der Waals surface area contributed by atoms with Crippen molar-refractivity contribution in [2.75, 3.05) is 0 Å². The molecule has 27 heavy (non-hydrogen) atoms. The lowest BCUT2D eigenvalue weighted by molar-refractivity contribution is -0.137. The molecule has 2 heterocycles. The molecule has 0 saturated heterocycles. The van der Waals surface area contributed by atoms with E-state index in [1.165, 1.54) is 23.0 Å². The van der Waals surface area contributed by atoms with Crippen molar-refractivity contribution in [1.29, 1.82) is 5.26 Å². The third-order valence-corrected chi connectivity index (χ3v) is 4.14. The first-order valence-electron chi connectivity index (χ1n) is 8.02. The number of pyridine rings is 2. The maximum Gasteiger partial charge on any atom is 0.417 e. The van der Waals surface area contributed by atoms with Crippen molar-refractivity contribution in [3.63, 3.8) is 0 Å². The molecule has 0 spiro atoms. The first kappa shape index (κ1) is 18.4. The molecule has 4 nitrogen and oxygen atoms in total. The summed E-state index contributed by atoms with van der Waals surface area (Å²) in [5.41, 5.74) is -0.972. The van der Waals surface area contributed by atoms with Crippen molar-refractivity contribution in [3.8, 4) is 17.3 Å². The van der Waals surface area contributed by atoms with Gasteiger partial charge in [0, 0.05) is 18.0 Å². The van der Waals surface area contributed by atoms with E-state index in [1.807, 2.05) is 19.1 Å². The molecular weight excluding hydrogens is 355 g/mol. The summed E-state index contributed by atoms with van der Waals surface area (Å²) in [7, 11) is 0. The topological polar surface area (TPSA) is 58.7 Å². The van der Waals surface area contributed by atoms with E-state index in [2.05, 4.69) is 4.98 Å². The van der Waals surface area contributed by atoms with E-state index in [1.54, 1.807) is 24.3 Å². The fraction of sp³-hybridized carbons (Fsp3) is 0.150. The number of halogens is 3. The van der Waals surface area contributed by atoms with Gasteiger partial charge in [0.2, 0.25) is 0 Å². The first-order valence-corrected chi connectivity index (χ1v) is 8.02. The van der Waals surface area contributed by atoms with Crippen LogP contribution in [0.15, 0.2) is 59.7 Å². The summed E-state index contributed by atoms with van der Waals surface area (Å²) in [6.07, 6.45) is -1.95. The number of hydrogen-bond acceptors (Lipinski definition) is 3. The Hall–Kier alpha value is -3.40. The van der Waals surface area contributed by atoms with Crippen LogP contribution in [0.3, 0.4) is 0 Å². The van der Waals surface area contributed by atoms with Crippen LogP contribution in [0.25, 0.3) is 11.3 Å². The number of benzene rings is 1. The Bertz CT molecular complexity index is 1060. The molecule has 0 saturated carbocycles. The largest absolute Gasteiger partial charge is 0.417 e. The van der Waals surface area contributed by atoms with E-state index in [0.29, 0.717) is 5.56 Å². The lowest BCUT2D eigenvalue weighted by Gasteiger charge is -2.17. The highest BCUT2D eigenvalue weighted by atomic mass is 19.4. The number of rotatable bonds is 3. The van der Waals surface area contributed by atoms with Crippen molar-refractivity contribution in [2.24, 2.45) is 0 Å². The number of aryl methyl sites for hydroxylation is 1. The van der Waals surface area contributed by atoms with Gasteiger partial charge >= 0.3 is 6.18 Å². The number of nitriles is 1. The number of hydrogen-bond donors (Lipinski definition) is 0. The minimum absolute atomic E-state index is 0.0379. The van der Waals surface area contributed by atoms with Gasteiger partial charge in [0.05, 0.1) is 17.8 Å². The number of aromatic nitrogens is 2. The van der Waals surface area contributed by atoms with Gasteiger partial charge in [0.1, 0.15) is 11.6 Å². The summed E-state index contributed by atoms with van der Waals surface area (Å²) >= 11 is 0. The Morgan fingerprint density at radius 2 is 1.89 bits per heavy atom.